The van der Waals surface area contributed by atoms with Gasteiger partial charge in [-0.3, -0.25) is 15.3 Å². The number of rotatable bonds is 2. The normalized spacial score (nSPS) is 21.3. The van der Waals surface area contributed by atoms with Crippen molar-refractivity contribution in [3.8, 4) is 0 Å². The summed E-state index contributed by atoms with van der Waals surface area (Å²) in [4.78, 5) is 15.2. The molecule has 6 heteroatoms. The van der Waals surface area contributed by atoms with Crippen molar-refractivity contribution >= 4 is 5.82 Å². The van der Waals surface area contributed by atoms with Crippen molar-refractivity contribution in [3.05, 3.63) is 22.7 Å². The number of nitrogens with zero attached hydrogens (tertiary/aromatic N) is 2. The molecular weight excluding hydrogens is 198 g/mol. The van der Waals surface area contributed by atoms with Gasteiger partial charge in [-0.05, 0) is 25.3 Å². The van der Waals surface area contributed by atoms with Crippen LogP contribution in [0.1, 0.15) is 25.5 Å². The van der Waals surface area contributed by atoms with Gasteiger partial charge in [0, 0.05) is 12.8 Å². The number of nitrogens with one attached hydrogen (secondary N) is 1. The zero-order valence-corrected chi connectivity index (χ0v) is 8.22. The maximum atomic E-state index is 11.5. The highest BCUT2D eigenvalue weighted by atomic mass is 16.5. The summed E-state index contributed by atoms with van der Waals surface area (Å²) in [6.07, 6.45) is 4.27. The van der Waals surface area contributed by atoms with Gasteiger partial charge in [-0.25, -0.2) is 4.79 Å². The van der Waals surface area contributed by atoms with Crippen LogP contribution in [0.2, 0.25) is 0 Å². The van der Waals surface area contributed by atoms with E-state index in [2.05, 4.69) is 4.98 Å². The van der Waals surface area contributed by atoms with Crippen molar-refractivity contribution in [2.45, 2.75) is 25.5 Å². The molecule has 1 aromatic heterocycles. The monoisotopic (exact) mass is 211 g/mol. The van der Waals surface area contributed by atoms with Crippen molar-refractivity contribution in [2.24, 2.45) is 0 Å². The zero-order chi connectivity index (χ0) is 10.7. The second-order valence-corrected chi connectivity index (χ2v) is 3.44. The quantitative estimate of drug-likeness (QED) is 0.706. The Bertz CT molecular complexity index is 384. The molecule has 1 aromatic rings. The second kappa shape index (κ2) is 4.41. The van der Waals surface area contributed by atoms with Crippen molar-refractivity contribution in [1.29, 1.82) is 0 Å². The first-order chi connectivity index (χ1) is 7.31. The lowest BCUT2D eigenvalue weighted by atomic mass is 10.2. The molecule has 0 saturated carbocycles. The molecule has 2 heterocycles. The topological polar surface area (TPSA) is 76.4 Å². The van der Waals surface area contributed by atoms with Crippen molar-refractivity contribution in [2.75, 3.05) is 12.1 Å². The molecule has 0 aromatic carbocycles. The van der Waals surface area contributed by atoms with E-state index >= 15 is 0 Å². The lowest BCUT2D eigenvalue weighted by Crippen LogP contribution is -2.30. The average molecular weight is 211 g/mol. The molecule has 15 heavy (non-hydrogen) atoms. The van der Waals surface area contributed by atoms with E-state index in [0.29, 0.717) is 6.61 Å². The Labute approximate surface area is 86.5 Å². The first-order valence-electron chi connectivity index (χ1n) is 4.92. The fraction of sp³-hybridized carbons (Fsp3) is 0.556. The Kier molecular flexibility index (Phi) is 2.98. The summed E-state index contributed by atoms with van der Waals surface area (Å²) in [5.74, 6) is 0.145. The maximum Gasteiger partial charge on any atom is 0.351 e. The first-order valence-corrected chi connectivity index (χ1v) is 4.92. The summed E-state index contributed by atoms with van der Waals surface area (Å²) in [5, 5.41) is 8.57. The summed E-state index contributed by atoms with van der Waals surface area (Å²) in [7, 11) is 0. The van der Waals surface area contributed by atoms with Crippen molar-refractivity contribution in [3.63, 3.8) is 0 Å². The van der Waals surface area contributed by atoms with Gasteiger partial charge in [-0.2, -0.15) is 4.98 Å². The maximum absolute atomic E-state index is 11.5. The van der Waals surface area contributed by atoms with E-state index in [1.807, 2.05) is 5.48 Å². The molecule has 0 aliphatic carbocycles. The van der Waals surface area contributed by atoms with E-state index in [4.69, 9.17) is 9.94 Å². The summed E-state index contributed by atoms with van der Waals surface area (Å²) in [5.41, 5.74) is 1.42. The van der Waals surface area contributed by atoms with Crippen LogP contribution in [-0.2, 0) is 4.74 Å². The van der Waals surface area contributed by atoms with E-state index in [9.17, 15) is 4.79 Å². The molecule has 0 unspecified atom stereocenters. The standard InChI is InChI=1S/C9H13N3O3/c13-9-10-7(11-14)4-5-12(9)8-3-1-2-6-15-8/h4-5,8,14H,1-3,6H2,(H,10,11,13)/t8-/m1/s1. The highest BCUT2D eigenvalue weighted by molar-refractivity contribution is 5.27. The van der Waals surface area contributed by atoms with Crippen LogP contribution in [0.25, 0.3) is 0 Å². The van der Waals surface area contributed by atoms with Gasteiger partial charge < -0.3 is 4.74 Å². The van der Waals surface area contributed by atoms with Crippen molar-refractivity contribution in [1.82, 2.24) is 9.55 Å². The molecule has 6 nitrogen and oxygen atoms in total. The minimum Gasteiger partial charge on any atom is -0.358 e. The third kappa shape index (κ3) is 2.16. The summed E-state index contributed by atoms with van der Waals surface area (Å²) >= 11 is 0. The van der Waals surface area contributed by atoms with Crippen molar-refractivity contribution < 1.29 is 9.94 Å². The van der Waals surface area contributed by atoms with Crippen LogP contribution in [0, 0.1) is 0 Å². The second-order valence-electron chi connectivity index (χ2n) is 3.44. The van der Waals surface area contributed by atoms with Gasteiger partial charge >= 0.3 is 5.69 Å². The highest BCUT2D eigenvalue weighted by Crippen LogP contribution is 2.20. The molecule has 2 N–H and O–H groups in total. The molecule has 2 rings (SSSR count). The third-order valence-corrected chi connectivity index (χ3v) is 2.41. The smallest absolute Gasteiger partial charge is 0.351 e. The van der Waals surface area contributed by atoms with Crippen LogP contribution in [0.3, 0.4) is 0 Å². The van der Waals surface area contributed by atoms with Crippen LogP contribution >= 0.6 is 0 Å². The SMILES string of the molecule is O=c1nc(NO)ccn1[C@H]1CCCCO1. The van der Waals surface area contributed by atoms with Crippen LogP contribution in [0.15, 0.2) is 17.1 Å². The Morgan fingerprint density at radius 2 is 2.47 bits per heavy atom. The highest BCUT2D eigenvalue weighted by Gasteiger charge is 2.16. The molecule has 1 aliphatic rings. The first kappa shape index (κ1) is 10.1. The predicted molar refractivity (Wildman–Crippen MR) is 52.7 cm³/mol. The number of anilines is 1. The molecule has 82 valence electrons. The van der Waals surface area contributed by atoms with Crippen LogP contribution in [0.4, 0.5) is 5.82 Å². The average Bonchev–Trinajstić information content (AvgIpc) is 2.30. The molecule has 0 radical (unpaired) electrons. The number of aromatic nitrogens is 2. The van der Waals surface area contributed by atoms with E-state index < -0.39 is 5.69 Å². The largest absolute Gasteiger partial charge is 0.358 e. The predicted octanol–water partition coefficient (Wildman–Crippen LogP) is 0.744. The Morgan fingerprint density at radius 1 is 1.60 bits per heavy atom. The number of ether oxygens (including phenoxy) is 1. The van der Waals surface area contributed by atoms with E-state index in [-0.39, 0.29) is 12.0 Å². The molecule has 0 spiro atoms. The fourth-order valence-electron chi connectivity index (χ4n) is 1.64. The fourth-order valence-corrected chi connectivity index (χ4v) is 1.64. The Morgan fingerprint density at radius 3 is 3.07 bits per heavy atom. The lowest BCUT2D eigenvalue weighted by Gasteiger charge is -2.23. The van der Waals surface area contributed by atoms with Crippen LogP contribution in [0.5, 0.6) is 0 Å². The molecule has 1 atom stereocenters. The number of hydrogen-bond donors (Lipinski definition) is 2. The molecule has 0 bridgehead atoms. The van der Waals surface area contributed by atoms with E-state index in [1.165, 1.54) is 10.6 Å². The minimum atomic E-state index is -0.416. The molecule has 0 amide bonds. The van der Waals surface area contributed by atoms with Crippen LogP contribution < -0.4 is 11.2 Å². The minimum absolute atomic E-state index is 0.145. The van der Waals surface area contributed by atoms with Gasteiger partial charge in [0.15, 0.2) is 5.82 Å². The van der Waals surface area contributed by atoms with Crippen LogP contribution in [-0.4, -0.2) is 21.4 Å². The van der Waals surface area contributed by atoms with Gasteiger partial charge in [-0.1, -0.05) is 0 Å². The number of hydrogen-bond acceptors (Lipinski definition) is 5. The molecule has 1 aliphatic heterocycles. The van der Waals surface area contributed by atoms with Gasteiger partial charge in [0.1, 0.15) is 6.23 Å². The Hall–Kier alpha value is -1.40. The molecule has 1 saturated heterocycles. The third-order valence-electron chi connectivity index (χ3n) is 2.41. The van der Waals surface area contributed by atoms with Gasteiger partial charge in [0.2, 0.25) is 0 Å². The Balaban J connectivity index is 2.24. The van der Waals surface area contributed by atoms with Gasteiger partial charge in [0.05, 0.1) is 0 Å². The zero-order valence-electron chi connectivity index (χ0n) is 8.22. The summed E-state index contributed by atoms with van der Waals surface area (Å²) in [6, 6.07) is 1.53. The van der Waals surface area contributed by atoms with E-state index in [1.54, 1.807) is 6.20 Å². The molecule has 1 fully saturated rings. The van der Waals surface area contributed by atoms with E-state index in [0.717, 1.165) is 19.3 Å². The van der Waals surface area contributed by atoms with Gasteiger partial charge in [0.25, 0.3) is 0 Å². The van der Waals surface area contributed by atoms with Gasteiger partial charge in [-0.15, -0.1) is 0 Å². The lowest BCUT2D eigenvalue weighted by molar-refractivity contribution is -0.0348. The summed E-state index contributed by atoms with van der Waals surface area (Å²) < 4.78 is 6.90. The molecular formula is C9H13N3O3. The summed E-state index contributed by atoms with van der Waals surface area (Å²) in [6.45, 7) is 0.678.